The number of nitrogens with zero attached hydrogens (tertiary/aromatic N) is 2. The molecule has 0 aliphatic heterocycles. The van der Waals surface area contributed by atoms with E-state index in [1.54, 1.807) is 19.9 Å². The Labute approximate surface area is 90.7 Å². The lowest BCUT2D eigenvalue weighted by atomic mass is 10.1. The van der Waals surface area contributed by atoms with Crippen LogP contribution in [-0.2, 0) is 6.54 Å². The van der Waals surface area contributed by atoms with Gasteiger partial charge in [-0.05, 0) is 33.0 Å². The molecule has 0 aliphatic carbocycles. The lowest BCUT2D eigenvalue weighted by Gasteiger charge is -2.25. The first-order chi connectivity index (χ1) is 6.87. The van der Waals surface area contributed by atoms with Crippen molar-refractivity contribution < 1.29 is 5.11 Å². The summed E-state index contributed by atoms with van der Waals surface area (Å²) in [6.45, 7) is 4.87. The van der Waals surface area contributed by atoms with Gasteiger partial charge in [0.15, 0.2) is 0 Å². The maximum Gasteiger partial charge on any atom is 0.123 e. The normalized spacial score (nSPS) is 12.1. The van der Waals surface area contributed by atoms with Crippen molar-refractivity contribution in [2.45, 2.75) is 26.0 Å². The average molecular weight is 209 g/mol. The van der Waals surface area contributed by atoms with Crippen molar-refractivity contribution in [2.24, 2.45) is 0 Å². The minimum atomic E-state index is -0.685. The zero-order chi connectivity index (χ0) is 11.5. The molecular weight excluding hydrogens is 190 g/mol. The quantitative estimate of drug-likeness (QED) is 0.772. The highest BCUT2D eigenvalue weighted by atomic mass is 16.3. The van der Waals surface area contributed by atoms with Gasteiger partial charge < -0.3 is 10.8 Å². The zero-order valence-electron chi connectivity index (χ0n) is 9.57. The van der Waals surface area contributed by atoms with E-state index in [9.17, 15) is 5.11 Å². The number of hydrogen-bond acceptors (Lipinski definition) is 4. The van der Waals surface area contributed by atoms with Crippen molar-refractivity contribution in [3.05, 3.63) is 23.9 Å². The van der Waals surface area contributed by atoms with E-state index in [-0.39, 0.29) is 0 Å². The lowest BCUT2D eigenvalue weighted by Crippen LogP contribution is -2.36. The van der Waals surface area contributed by atoms with Crippen LogP contribution in [0.3, 0.4) is 0 Å². The van der Waals surface area contributed by atoms with Gasteiger partial charge in [-0.3, -0.25) is 4.90 Å². The Kier molecular flexibility index (Phi) is 3.66. The second kappa shape index (κ2) is 4.59. The molecule has 0 amide bonds. The summed E-state index contributed by atoms with van der Waals surface area (Å²) in [5.74, 6) is 0.532. The molecule has 3 N–H and O–H groups in total. The third-order valence-corrected chi connectivity index (χ3v) is 1.92. The van der Waals surface area contributed by atoms with E-state index in [0.717, 1.165) is 5.69 Å². The Morgan fingerprint density at radius 1 is 1.47 bits per heavy atom. The van der Waals surface area contributed by atoms with Gasteiger partial charge in [0.05, 0.1) is 11.3 Å². The van der Waals surface area contributed by atoms with E-state index >= 15 is 0 Å². The Morgan fingerprint density at radius 2 is 2.13 bits per heavy atom. The molecule has 15 heavy (non-hydrogen) atoms. The van der Waals surface area contributed by atoms with Gasteiger partial charge in [-0.25, -0.2) is 4.98 Å². The maximum atomic E-state index is 9.63. The molecule has 0 unspecified atom stereocenters. The fourth-order valence-corrected chi connectivity index (χ4v) is 1.58. The van der Waals surface area contributed by atoms with Gasteiger partial charge in [0, 0.05) is 13.1 Å². The van der Waals surface area contributed by atoms with Crippen LogP contribution in [0.15, 0.2) is 18.2 Å². The molecule has 0 radical (unpaired) electrons. The van der Waals surface area contributed by atoms with Gasteiger partial charge in [0.25, 0.3) is 0 Å². The van der Waals surface area contributed by atoms with E-state index in [1.807, 2.05) is 24.1 Å². The number of hydrogen-bond donors (Lipinski definition) is 2. The van der Waals surface area contributed by atoms with E-state index in [0.29, 0.717) is 18.9 Å². The number of rotatable bonds is 4. The summed E-state index contributed by atoms with van der Waals surface area (Å²) in [6, 6.07) is 5.58. The van der Waals surface area contributed by atoms with Crippen LogP contribution in [0.1, 0.15) is 19.5 Å². The molecule has 84 valence electrons. The first-order valence-electron chi connectivity index (χ1n) is 4.99. The molecular formula is C11H19N3O. The molecule has 0 bridgehead atoms. The van der Waals surface area contributed by atoms with Crippen molar-refractivity contribution in [2.75, 3.05) is 19.3 Å². The highest BCUT2D eigenvalue weighted by molar-refractivity contribution is 5.28. The minimum absolute atomic E-state index is 0.532. The SMILES string of the molecule is CN(Cc1cccc(N)n1)CC(C)(C)O. The van der Waals surface area contributed by atoms with Gasteiger partial charge in [-0.2, -0.15) is 0 Å². The number of pyridine rings is 1. The zero-order valence-corrected chi connectivity index (χ0v) is 9.57. The van der Waals surface area contributed by atoms with Crippen LogP contribution in [0.25, 0.3) is 0 Å². The van der Waals surface area contributed by atoms with E-state index in [1.165, 1.54) is 0 Å². The Balaban J connectivity index is 2.55. The van der Waals surface area contributed by atoms with Crippen molar-refractivity contribution in [1.29, 1.82) is 0 Å². The summed E-state index contributed by atoms with van der Waals surface area (Å²) in [7, 11) is 1.95. The molecule has 0 aromatic carbocycles. The second-order valence-corrected chi connectivity index (χ2v) is 4.54. The number of aromatic nitrogens is 1. The fourth-order valence-electron chi connectivity index (χ4n) is 1.58. The summed E-state index contributed by atoms with van der Waals surface area (Å²) in [6.07, 6.45) is 0. The third kappa shape index (κ3) is 4.76. The number of nitrogen functional groups attached to an aromatic ring is 1. The molecule has 0 aliphatic rings. The molecule has 1 heterocycles. The highest BCUT2D eigenvalue weighted by Crippen LogP contribution is 2.07. The highest BCUT2D eigenvalue weighted by Gasteiger charge is 2.15. The molecule has 0 spiro atoms. The van der Waals surface area contributed by atoms with E-state index in [2.05, 4.69) is 4.98 Å². The monoisotopic (exact) mass is 209 g/mol. The molecule has 4 nitrogen and oxygen atoms in total. The molecule has 0 saturated carbocycles. The van der Waals surface area contributed by atoms with Gasteiger partial charge >= 0.3 is 0 Å². The van der Waals surface area contributed by atoms with Gasteiger partial charge in [-0.1, -0.05) is 6.07 Å². The molecule has 0 saturated heterocycles. The Morgan fingerprint density at radius 3 is 2.67 bits per heavy atom. The van der Waals surface area contributed by atoms with Crippen molar-refractivity contribution in [3.63, 3.8) is 0 Å². The van der Waals surface area contributed by atoms with Crippen molar-refractivity contribution >= 4 is 5.82 Å². The lowest BCUT2D eigenvalue weighted by molar-refractivity contribution is 0.0422. The minimum Gasteiger partial charge on any atom is -0.389 e. The van der Waals surface area contributed by atoms with Gasteiger partial charge in [0.1, 0.15) is 5.82 Å². The van der Waals surface area contributed by atoms with Gasteiger partial charge in [0.2, 0.25) is 0 Å². The average Bonchev–Trinajstić information content (AvgIpc) is 1.99. The Bertz CT molecular complexity index is 320. The first kappa shape index (κ1) is 11.9. The maximum absolute atomic E-state index is 9.63. The number of aliphatic hydroxyl groups is 1. The van der Waals surface area contributed by atoms with Crippen LogP contribution in [0.5, 0.6) is 0 Å². The van der Waals surface area contributed by atoms with E-state index in [4.69, 9.17) is 5.73 Å². The summed E-state index contributed by atoms with van der Waals surface area (Å²) >= 11 is 0. The predicted molar refractivity (Wildman–Crippen MR) is 61.3 cm³/mol. The summed E-state index contributed by atoms with van der Waals surface area (Å²) in [5, 5.41) is 9.63. The molecule has 1 rings (SSSR count). The van der Waals surface area contributed by atoms with Gasteiger partial charge in [-0.15, -0.1) is 0 Å². The number of anilines is 1. The summed E-state index contributed by atoms with van der Waals surface area (Å²) in [4.78, 5) is 6.21. The summed E-state index contributed by atoms with van der Waals surface area (Å²) in [5.41, 5.74) is 5.82. The van der Waals surface area contributed by atoms with Crippen LogP contribution < -0.4 is 5.73 Å². The molecule has 4 heteroatoms. The molecule has 0 fully saturated rings. The second-order valence-electron chi connectivity index (χ2n) is 4.54. The van der Waals surface area contributed by atoms with Crippen LogP contribution in [0.4, 0.5) is 5.82 Å². The smallest absolute Gasteiger partial charge is 0.123 e. The van der Waals surface area contributed by atoms with Crippen molar-refractivity contribution in [3.8, 4) is 0 Å². The van der Waals surface area contributed by atoms with Crippen LogP contribution in [-0.4, -0.2) is 34.2 Å². The fraction of sp³-hybridized carbons (Fsp3) is 0.545. The third-order valence-electron chi connectivity index (χ3n) is 1.92. The standard InChI is InChI=1S/C11H19N3O/c1-11(2,15)8-14(3)7-9-5-4-6-10(12)13-9/h4-6,15H,7-8H2,1-3H3,(H2,12,13). The first-order valence-corrected chi connectivity index (χ1v) is 4.99. The number of nitrogens with two attached hydrogens (primary N) is 1. The van der Waals surface area contributed by atoms with E-state index < -0.39 is 5.60 Å². The van der Waals surface area contributed by atoms with Crippen LogP contribution >= 0.6 is 0 Å². The summed E-state index contributed by atoms with van der Waals surface area (Å²) < 4.78 is 0. The van der Waals surface area contributed by atoms with Crippen LogP contribution in [0.2, 0.25) is 0 Å². The van der Waals surface area contributed by atoms with Crippen molar-refractivity contribution in [1.82, 2.24) is 9.88 Å². The molecule has 1 aromatic heterocycles. The topological polar surface area (TPSA) is 62.4 Å². The Hall–Kier alpha value is -1.13. The molecule has 1 aromatic rings. The largest absolute Gasteiger partial charge is 0.389 e. The van der Waals surface area contributed by atoms with Crippen LogP contribution in [0, 0.1) is 0 Å². The number of likely N-dealkylation sites (N-methyl/N-ethyl adjacent to an activating group) is 1. The molecule has 0 atom stereocenters. The predicted octanol–water partition coefficient (Wildman–Crippen LogP) is 0.867.